The van der Waals surface area contributed by atoms with E-state index in [1.165, 1.54) is 7.05 Å². The number of carbonyl (C=O) groups is 5. The second-order valence-electron chi connectivity index (χ2n) is 15.5. The summed E-state index contributed by atoms with van der Waals surface area (Å²) in [5.41, 5.74) is -0.319. The maximum Gasteiger partial charge on any atom is 0.315 e. The zero-order chi connectivity index (χ0) is 34.5. The number of amides is 5. The topological polar surface area (TPSA) is 157 Å². The summed E-state index contributed by atoms with van der Waals surface area (Å²) < 4.78 is 14.4. The van der Waals surface area contributed by atoms with E-state index >= 15 is 0 Å². The van der Waals surface area contributed by atoms with E-state index < -0.39 is 52.7 Å². The molecule has 4 N–H and O–H groups in total. The Kier molecular flexibility index (Phi) is 12.9. The van der Waals surface area contributed by atoms with Gasteiger partial charge in [0, 0.05) is 38.5 Å². The van der Waals surface area contributed by atoms with Crippen LogP contribution in [-0.4, -0.2) is 99.6 Å². The molecule has 13 heteroatoms. The van der Waals surface area contributed by atoms with Crippen LogP contribution in [0.2, 0.25) is 0 Å². The highest BCUT2D eigenvalue weighted by Gasteiger charge is 2.47. The van der Waals surface area contributed by atoms with E-state index in [0.29, 0.717) is 31.7 Å². The van der Waals surface area contributed by atoms with Gasteiger partial charge in [-0.05, 0) is 61.2 Å². The maximum atomic E-state index is 14.6. The molecule has 2 saturated heterocycles. The molecule has 0 bridgehead atoms. The van der Waals surface area contributed by atoms with Gasteiger partial charge in [-0.25, -0.2) is 13.3 Å². The molecule has 266 valence electrons. The van der Waals surface area contributed by atoms with Crippen LogP contribution >= 0.6 is 0 Å². The minimum absolute atomic E-state index is 0.0690. The molecular formula is C34H58N6O6S. The second-order valence-corrected chi connectivity index (χ2v) is 17.1. The molecule has 2 aliphatic heterocycles. The number of hydrogen-bond donors (Lipinski definition) is 4. The van der Waals surface area contributed by atoms with Crippen molar-refractivity contribution >= 4 is 40.5 Å². The highest BCUT2D eigenvalue weighted by atomic mass is 32.2. The number of hydrogen-bond acceptors (Lipinski definition) is 6. The first-order chi connectivity index (χ1) is 22.2. The summed E-state index contributed by atoms with van der Waals surface area (Å²) in [6.07, 6.45) is 8.41. The number of Topliss-reactive ketones (excluding diaryl/α,β-unsaturated/α-hetero) is 1. The van der Waals surface area contributed by atoms with Gasteiger partial charge in [0.15, 0.2) is 0 Å². The molecule has 5 amide bonds. The first kappa shape index (κ1) is 37.3. The van der Waals surface area contributed by atoms with Gasteiger partial charge >= 0.3 is 6.03 Å². The molecule has 2 saturated carbocycles. The van der Waals surface area contributed by atoms with Crippen LogP contribution in [0.3, 0.4) is 0 Å². The molecule has 12 nitrogen and oxygen atoms in total. The van der Waals surface area contributed by atoms with Gasteiger partial charge in [-0.3, -0.25) is 19.2 Å². The molecule has 0 aromatic rings. The van der Waals surface area contributed by atoms with Crippen molar-refractivity contribution in [3.63, 3.8) is 0 Å². The van der Waals surface area contributed by atoms with Crippen LogP contribution in [0.15, 0.2) is 0 Å². The molecule has 6 atom stereocenters. The van der Waals surface area contributed by atoms with E-state index in [9.17, 15) is 28.2 Å². The summed E-state index contributed by atoms with van der Waals surface area (Å²) in [7, 11) is 0.335. The number of likely N-dealkylation sites (N-methyl/N-ethyl adjacent to an activating group) is 1. The van der Waals surface area contributed by atoms with Gasteiger partial charge in [0.2, 0.25) is 17.6 Å². The van der Waals surface area contributed by atoms with E-state index in [0.717, 1.165) is 57.9 Å². The Bertz CT molecular complexity index is 1180. The Morgan fingerprint density at radius 2 is 1.55 bits per heavy atom. The third kappa shape index (κ3) is 9.77. The number of urea groups is 1. The van der Waals surface area contributed by atoms with Crippen LogP contribution in [0.4, 0.5) is 4.79 Å². The molecular weight excluding hydrogens is 620 g/mol. The fourth-order valence-electron chi connectivity index (χ4n) is 7.43. The van der Waals surface area contributed by atoms with Gasteiger partial charge in [-0.2, -0.15) is 0 Å². The Morgan fingerprint density at radius 3 is 2.11 bits per heavy atom. The minimum atomic E-state index is -1.06. The molecule has 0 radical (unpaired) electrons. The van der Waals surface area contributed by atoms with Crippen molar-refractivity contribution in [2.75, 3.05) is 32.4 Å². The number of rotatable bonds is 13. The predicted molar refractivity (Wildman–Crippen MR) is 181 cm³/mol. The lowest BCUT2D eigenvalue weighted by Gasteiger charge is -2.37. The zero-order valence-corrected chi connectivity index (χ0v) is 30.1. The molecule has 0 aromatic heterocycles. The molecule has 4 aliphatic rings. The normalized spacial score (nSPS) is 26.0. The first-order valence-electron chi connectivity index (χ1n) is 17.8. The molecule has 0 aromatic carbocycles. The van der Waals surface area contributed by atoms with Gasteiger partial charge in [0.25, 0.3) is 5.91 Å². The number of ketones is 1. The van der Waals surface area contributed by atoms with Crippen LogP contribution < -0.4 is 21.3 Å². The Labute approximate surface area is 283 Å². The molecule has 47 heavy (non-hydrogen) atoms. The summed E-state index contributed by atoms with van der Waals surface area (Å²) in [4.78, 5) is 69.2. The smallest absolute Gasteiger partial charge is 0.315 e. The average molecular weight is 679 g/mol. The van der Waals surface area contributed by atoms with Crippen molar-refractivity contribution in [1.82, 2.24) is 30.5 Å². The van der Waals surface area contributed by atoms with Gasteiger partial charge in [0.05, 0.1) is 17.0 Å². The van der Waals surface area contributed by atoms with Crippen molar-refractivity contribution in [1.29, 1.82) is 0 Å². The lowest BCUT2D eigenvalue weighted by atomic mass is 9.82. The number of likely N-dealkylation sites (tertiary alicyclic amines) is 1. The third-order valence-electron chi connectivity index (χ3n) is 10.6. The zero-order valence-electron chi connectivity index (χ0n) is 29.3. The molecule has 2 unspecified atom stereocenters. The minimum Gasteiger partial charge on any atom is -0.353 e. The second kappa shape index (κ2) is 16.2. The Morgan fingerprint density at radius 1 is 0.872 bits per heavy atom. The molecule has 0 spiro atoms. The van der Waals surface area contributed by atoms with Crippen LogP contribution in [0.25, 0.3) is 0 Å². The first-order valence-corrected chi connectivity index (χ1v) is 19.1. The largest absolute Gasteiger partial charge is 0.353 e. The van der Waals surface area contributed by atoms with Crippen molar-refractivity contribution in [3.05, 3.63) is 0 Å². The van der Waals surface area contributed by atoms with E-state index in [1.807, 2.05) is 38.9 Å². The highest BCUT2D eigenvalue weighted by Crippen LogP contribution is 2.36. The van der Waals surface area contributed by atoms with E-state index in [2.05, 4.69) is 21.3 Å². The fraction of sp³-hybridized carbons (Fsp3) is 0.853. The predicted octanol–water partition coefficient (Wildman–Crippen LogP) is 2.49. The van der Waals surface area contributed by atoms with Gasteiger partial charge in [0.1, 0.15) is 12.1 Å². The van der Waals surface area contributed by atoms with Crippen molar-refractivity contribution < 1.29 is 28.2 Å². The summed E-state index contributed by atoms with van der Waals surface area (Å²) in [5.74, 6) is -1.31. The number of nitrogens with one attached hydrogen (secondary N) is 4. The van der Waals surface area contributed by atoms with Crippen LogP contribution in [-0.2, 0) is 30.2 Å². The average Bonchev–Trinajstić information content (AvgIpc) is 3.57. The Balaban J connectivity index is 1.55. The van der Waals surface area contributed by atoms with Crippen molar-refractivity contribution in [2.45, 2.75) is 123 Å². The van der Waals surface area contributed by atoms with E-state index in [1.54, 1.807) is 4.90 Å². The number of nitrogens with zero attached hydrogens (tertiary/aromatic N) is 2. The molecule has 4 fully saturated rings. The van der Waals surface area contributed by atoms with Crippen LogP contribution in [0.5, 0.6) is 0 Å². The number of carbonyl (C=O) groups excluding carboxylic acids is 5. The van der Waals surface area contributed by atoms with Crippen LogP contribution in [0.1, 0.15) is 98.8 Å². The molecule has 2 heterocycles. The van der Waals surface area contributed by atoms with Gasteiger partial charge < -0.3 is 26.2 Å². The monoisotopic (exact) mass is 678 g/mol. The standard InChI is InChI=1S/C34H58N6O6S/c1-21(2)24-15-17-40(28(24)30(42)36-25(19-22-13-14-22)29(41)31(43)35-6)32(44)27(23-11-8-7-9-12-23)38-33(45)37-26(34(3,4)5)20-39-16-10-18-47(39)46/h21-28H,7-20H2,1-6H3,(H,35,43)(H,36,42)(H2,37,38,45)/t24-,25?,26-,27+,28+,47?/m1/s1. The summed E-state index contributed by atoms with van der Waals surface area (Å²) in [5, 5.41) is 11.4. The van der Waals surface area contributed by atoms with E-state index in [4.69, 9.17) is 0 Å². The third-order valence-corrected chi connectivity index (χ3v) is 12.2. The SMILES string of the molecule is CNC(=O)C(=O)C(CC1CC1)NC(=O)[C@@H]1[C@@H](C(C)C)CCN1C(=O)[C@@H](NC(=O)N[C@H](CN1CCCS1=O)C(C)(C)C)C1CCCCC1. The lowest BCUT2D eigenvalue weighted by Crippen LogP contribution is -2.61. The quantitative estimate of drug-likeness (QED) is 0.219. The Hall–Kier alpha value is -2.54. The summed E-state index contributed by atoms with van der Waals surface area (Å²) >= 11 is 0. The highest BCUT2D eigenvalue weighted by molar-refractivity contribution is 7.82. The summed E-state index contributed by atoms with van der Waals surface area (Å²) in [6, 6.07) is -3.32. The van der Waals surface area contributed by atoms with Crippen LogP contribution in [0, 0.1) is 29.1 Å². The lowest BCUT2D eigenvalue weighted by molar-refractivity contribution is -0.144. The van der Waals surface area contributed by atoms with Gasteiger partial charge in [-0.15, -0.1) is 0 Å². The van der Waals surface area contributed by atoms with Gasteiger partial charge in [-0.1, -0.05) is 66.7 Å². The summed E-state index contributed by atoms with van der Waals surface area (Å²) in [6.45, 7) is 11.7. The van der Waals surface area contributed by atoms with Crippen molar-refractivity contribution in [2.24, 2.45) is 29.1 Å². The molecule has 4 rings (SSSR count). The van der Waals surface area contributed by atoms with E-state index in [-0.39, 0.29) is 41.0 Å². The maximum absolute atomic E-state index is 14.6. The molecule has 2 aliphatic carbocycles. The van der Waals surface area contributed by atoms with Crippen molar-refractivity contribution in [3.8, 4) is 0 Å². The fourth-order valence-corrected chi connectivity index (χ4v) is 8.71.